The topological polar surface area (TPSA) is 55.8 Å². The Bertz CT molecular complexity index is 782. The molecule has 178 valence electrons. The van der Waals surface area contributed by atoms with E-state index in [1.165, 1.54) is 19.2 Å². The Kier molecular flexibility index (Phi) is 8.94. The van der Waals surface area contributed by atoms with Crippen molar-refractivity contribution < 1.29 is 23.5 Å². The van der Waals surface area contributed by atoms with Crippen molar-refractivity contribution in [3.63, 3.8) is 0 Å². The fourth-order valence-corrected chi connectivity index (χ4v) is 4.99. The molecule has 32 heavy (non-hydrogen) atoms. The van der Waals surface area contributed by atoms with Crippen molar-refractivity contribution in [2.45, 2.75) is 90.5 Å². The lowest BCUT2D eigenvalue weighted by Crippen LogP contribution is -2.46. The standard InChI is InChI=1S/C26H38FNO4/c1-4-5-15-32-24-16-21(26(30)31-3)23(17-22(24)27)28(20-9-7-6-8-10-20)25(29)19-13-11-18(2)12-14-19/h16-20H,4-15H2,1-3H3. The molecule has 0 aromatic heterocycles. The Hall–Kier alpha value is -2.11. The van der Waals surface area contributed by atoms with E-state index in [2.05, 4.69) is 6.92 Å². The van der Waals surface area contributed by atoms with Gasteiger partial charge in [-0.15, -0.1) is 0 Å². The summed E-state index contributed by atoms with van der Waals surface area (Å²) in [6, 6.07) is 2.70. The van der Waals surface area contributed by atoms with E-state index >= 15 is 4.39 Å². The second kappa shape index (κ2) is 11.7. The average Bonchev–Trinajstić information content (AvgIpc) is 2.81. The first-order valence-corrected chi connectivity index (χ1v) is 12.3. The van der Waals surface area contributed by atoms with E-state index in [1.807, 2.05) is 6.92 Å². The fraction of sp³-hybridized carbons (Fsp3) is 0.692. The second-order valence-electron chi connectivity index (χ2n) is 9.45. The lowest BCUT2D eigenvalue weighted by Gasteiger charge is -2.38. The number of ether oxygens (including phenoxy) is 2. The van der Waals surface area contributed by atoms with E-state index in [0.29, 0.717) is 18.2 Å². The number of carbonyl (C=O) groups is 2. The molecular weight excluding hydrogens is 409 g/mol. The zero-order valence-corrected chi connectivity index (χ0v) is 19.8. The van der Waals surface area contributed by atoms with Gasteiger partial charge < -0.3 is 14.4 Å². The molecule has 0 unspecified atom stereocenters. The number of carbonyl (C=O) groups excluding carboxylic acids is 2. The van der Waals surface area contributed by atoms with Gasteiger partial charge in [0.05, 0.1) is 25.0 Å². The minimum absolute atomic E-state index is 0.0213. The van der Waals surface area contributed by atoms with Crippen molar-refractivity contribution in [2.24, 2.45) is 11.8 Å². The highest BCUT2D eigenvalue weighted by Crippen LogP contribution is 2.38. The molecule has 6 heteroatoms. The summed E-state index contributed by atoms with van der Waals surface area (Å²) in [5.41, 5.74) is 0.524. The summed E-state index contributed by atoms with van der Waals surface area (Å²) in [6.45, 7) is 4.63. The lowest BCUT2D eigenvalue weighted by molar-refractivity contribution is -0.124. The van der Waals surface area contributed by atoms with Crippen LogP contribution in [-0.4, -0.2) is 31.6 Å². The normalized spacial score (nSPS) is 21.8. The zero-order valence-electron chi connectivity index (χ0n) is 19.8. The molecule has 2 aliphatic carbocycles. The van der Waals surface area contributed by atoms with Gasteiger partial charge in [0, 0.05) is 18.0 Å². The van der Waals surface area contributed by atoms with Gasteiger partial charge in [0.15, 0.2) is 11.6 Å². The van der Waals surface area contributed by atoms with Crippen molar-refractivity contribution in [2.75, 3.05) is 18.6 Å². The summed E-state index contributed by atoms with van der Waals surface area (Å²) >= 11 is 0. The molecule has 0 saturated heterocycles. The van der Waals surface area contributed by atoms with E-state index in [4.69, 9.17) is 9.47 Å². The third-order valence-corrected chi connectivity index (χ3v) is 7.01. The van der Waals surface area contributed by atoms with Crippen molar-refractivity contribution in [3.05, 3.63) is 23.5 Å². The van der Waals surface area contributed by atoms with Gasteiger partial charge in [-0.2, -0.15) is 0 Å². The fourth-order valence-electron chi connectivity index (χ4n) is 4.99. The highest BCUT2D eigenvalue weighted by molar-refractivity contribution is 6.04. The number of unbranched alkanes of at least 4 members (excludes halogenated alkanes) is 1. The maximum atomic E-state index is 15.1. The average molecular weight is 448 g/mol. The number of amides is 1. The Morgan fingerprint density at radius 3 is 2.38 bits per heavy atom. The monoisotopic (exact) mass is 447 g/mol. The molecule has 2 saturated carbocycles. The van der Waals surface area contributed by atoms with Crippen LogP contribution in [0.5, 0.6) is 5.75 Å². The first-order chi connectivity index (χ1) is 15.5. The van der Waals surface area contributed by atoms with Crippen molar-refractivity contribution in [3.8, 4) is 5.75 Å². The van der Waals surface area contributed by atoms with Crippen LogP contribution in [0.2, 0.25) is 0 Å². The van der Waals surface area contributed by atoms with Gasteiger partial charge in [0.2, 0.25) is 5.91 Å². The molecule has 0 aliphatic heterocycles. The molecule has 0 N–H and O–H groups in total. The van der Waals surface area contributed by atoms with Gasteiger partial charge in [-0.05, 0) is 56.9 Å². The molecule has 1 aromatic carbocycles. The highest BCUT2D eigenvalue weighted by atomic mass is 19.1. The van der Waals surface area contributed by atoms with Gasteiger partial charge in [-0.3, -0.25) is 4.79 Å². The first kappa shape index (κ1) is 24.5. The number of benzene rings is 1. The van der Waals surface area contributed by atoms with Gasteiger partial charge >= 0.3 is 5.97 Å². The van der Waals surface area contributed by atoms with Gasteiger partial charge in [-0.1, -0.05) is 39.5 Å². The molecule has 0 spiro atoms. The minimum Gasteiger partial charge on any atom is -0.490 e. The van der Waals surface area contributed by atoms with Gasteiger partial charge in [-0.25, -0.2) is 9.18 Å². The highest BCUT2D eigenvalue weighted by Gasteiger charge is 2.36. The summed E-state index contributed by atoms with van der Waals surface area (Å²) in [5.74, 6) is -0.522. The molecule has 3 rings (SSSR count). The number of methoxy groups -OCH3 is 1. The van der Waals surface area contributed by atoms with Crippen LogP contribution >= 0.6 is 0 Å². The Morgan fingerprint density at radius 1 is 1.06 bits per heavy atom. The molecule has 0 heterocycles. The number of rotatable bonds is 8. The smallest absolute Gasteiger partial charge is 0.340 e. The number of halogens is 1. The molecule has 2 fully saturated rings. The third-order valence-electron chi connectivity index (χ3n) is 7.01. The van der Waals surface area contributed by atoms with Crippen molar-refractivity contribution >= 4 is 17.6 Å². The lowest BCUT2D eigenvalue weighted by atomic mass is 9.81. The summed E-state index contributed by atoms with van der Waals surface area (Å²) < 4.78 is 25.7. The first-order valence-electron chi connectivity index (χ1n) is 12.3. The molecule has 2 aliphatic rings. The molecule has 0 atom stereocenters. The Labute approximate surface area is 191 Å². The van der Waals surface area contributed by atoms with E-state index in [1.54, 1.807) is 4.90 Å². The molecule has 5 nitrogen and oxygen atoms in total. The van der Waals surface area contributed by atoms with E-state index in [0.717, 1.165) is 70.6 Å². The summed E-state index contributed by atoms with van der Waals surface area (Å²) in [5, 5.41) is 0. The molecule has 1 aromatic rings. The zero-order chi connectivity index (χ0) is 23.1. The van der Waals surface area contributed by atoms with Crippen LogP contribution in [0.15, 0.2) is 12.1 Å². The van der Waals surface area contributed by atoms with E-state index in [-0.39, 0.29) is 29.2 Å². The summed E-state index contributed by atoms with van der Waals surface area (Å²) in [7, 11) is 1.31. The summed E-state index contributed by atoms with van der Waals surface area (Å²) in [4.78, 5) is 28.3. The maximum Gasteiger partial charge on any atom is 0.340 e. The predicted molar refractivity (Wildman–Crippen MR) is 124 cm³/mol. The van der Waals surface area contributed by atoms with Crippen molar-refractivity contribution in [1.82, 2.24) is 0 Å². The number of anilines is 1. The van der Waals surface area contributed by atoms with Crippen LogP contribution < -0.4 is 9.64 Å². The van der Waals surface area contributed by atoms with Crippen LogP contribution in [0.3, 0.4) is 0 Å². The number of hydrogen-bond acceptors (Lipinski definition) is 4. The molecule has 0 radical (unpaired) electrons. The largest absolute Gasteiger partial charge is 0.490 e. The summed E-state index contributed by atoms with van der Waals surface area (Å²) in [6.07, 6.45) is 10.4. The predicted octanol–water partition coefficient (Wildman–Crippen LogP) is 6.28. The van der Waals surface area contributed by atoms with E-state index < -0.39 is 11.8 Å². The van der Waals surface area contributed by atoms with Crippen LogP contribution in [0.1, 0.15) is 94.8 Å². The second-order valence-corrected chi connectivity index (χ2v) is 9.45. The Morgan fingerprint density at radius 2 is 1.75 bits per heavy atom. The quantitative estimate of drug-likeness (QED) is 0.347. The number of nitrogens with zero attached hydrogens (tertiary/aromatic N) is 1. The van der Waals surface area contributed by atoms with Crippen LogP contribution in [0, 0.1) is 17.7 Å². The van der Waals surface area contributed by atoms with Crippen LogP contribution in [-0.2, 0) is 9.53 Å². The number of esters is 1. The Balaban J connectivity index is 2.00. The molecule has 1 amide bonds. The minimum atomic E-state index is -0.578. The molecule has 0 bridgehead atoms. The maximum absolute atomic E-state index is 15.1. The molecular formula is C26H38FNO4. The van der Waals surface area contributed by atoms with Crippen molar-refractivity contribution in [1.29, 1.82) is 0 Å². The van der Waals surface area contributed by atoms with Gasteiger partial charge in [0.25, 0.3) is 0 Å². The van der Waals surface area contributed by atoms with Gasteiger partial charge in [0.1, 0.15) is 0 Å². The SMILES string of the molecule is CCCCOc1cc(C(=O)OC)c(N(C(=O)C2CCC(C)CC2)C2CCCCC2)cc1F. The third kappa shape index (κ3) is 5.81. The van der Waals surface area contributed by atoms with Crippen LogP contribution in [0.25, 0.3) is 0 Å². The number of hydrogen-bond donors (Lipinski definition) is 0. The van der Waals surface area contributed by atoms with E-state index in [9.17, 15) is 9.59 Å². The van der Waals surface area contributed by atoms with Crippen LogP contribution in [0.4, 0.5) is 10.1 Å².